The highest BCUT2D eigenvalue weighted by molar-refractivity contribution is 7.10. The number of hydrogen-bond donors (Lipinski definition) is 1. The molecule has 0 saturated heterocycles. The van der Waals surface area contributed by atoms with Gasteiger partial charge in [-0.1, -0.05) is 18.6 Å². The number of hydrogen-bond acceptors (Lipinski definition) is 3. The normalized spacial score (nSPS) is 20.5. The Morgan fingerprint density at radius 2 is 2.08 bits per heavy atom. The molecule has 2 aromatic heterocycles. The van der Waals surface area contributed by atoms with Gasteiger partial charge in [-0.3, -0.25) is 0 Å². The Kier molecular flexibility index (Phi) is 4.29. The van der Waals surface area contributed by atoms with Gasteiger partial charge in [0.05, 0.1) is 23.7 Å². The molecule has 0 amide bonds. The fraction of sp³-hybridized carbons (Fsp3) is 0.286. The Morgan fingerprint density at radius 1 is 1.31 bits per heavy atom. The molecule has 0 saturated carbocycles. The molecule has 3 nitrogen and oxygen atoms in total. The number of benzene rings is 1. The SMILES string of the molecule is CC1=Cc2c(cnn2-c2ccc(F)cc2)C[C@@]1(C)CC(O)c1cccs1. The van der Waals surface area contributed by atoms with Gasteiger partial charge < -0.3 is 5.11 Å². The van der Waals surface area contributed by atoms with Gasteiger partial charge in [-0.25, -0.2) is 9.07 Å². The Morgan fingerprint density at radius 3 is 2.77 bits per heavy atom. The Labute approximate surface area is 156 Å². The predicted octanol–water partition coefficient (Wildman–Crippen LogP) is 5.16. The summed E-state index contributed by atoms with van der Waals surface area (Å²) in [4.78, 5) is 1.01. The summed E-state index contributed by atoms with van der Waals surface area (Å²) in [5.74, 6) is -0.253. The Balaban J connectivity index is 1.64. The summed E-state index contributed by atoms with van der Waals surface area (Å²) >= 11 is 1.59. The van der Waals surface area contributed by atoms with Gasteiger partial charge in [0, 0.05) is 4.88 Å². The largest absolute Gasteiger partial charge is 0.388 e. The smallest absolute Gasteiger partial charge is 0.123 e. The van der Waals surface area contributed by atoms with Gasteiger partial charge in [-0.2, -0.15) is 5.10 Å². The summed E-state index contributed by atoms with van der Waals surface area (Å²) in [5, 5.41) is 17.1. The van der Waals surface area contributed by atoms with E-state index < -0.39 is 6.10 Å². The van der Waals surface area contributed by atoms with Gasteiger partial charge in [-0.05, 0) is 72.5 Å². The molecule has 1 aromatic carbocycles. The van der Waals surface area contributed by atoms with Gasteiger partial charge in [0.15, 0.2) is 0 Å². The topological polar surface area (TPSA) is 38.0 Å². The zero-order valence-corrected chi connectivity index (χ0v) is 15.6. The minimum atomic E-state index is -0.461. The second-order valence-corrected chi connectivity index (χ2v) is 8.22. The van der Waals surface area contributed by atoms with Crippen molar-refractivity contribution in [2.75, 3.05) is 0 Å². The zero-order chi connectivity index (χ0) is 18.3. The number of rotatable bonds is 4. The fourth-order valence-corrected chi connectivity index (χ4v) is 4.36. The molecule has 0 spiro atoms. The molecule has 0 radical (unpaired) electrons. The van der Waals surface area contributed by atoms with E-state index in [0.29, 0.717) is 6.42 Å². The maximum absolute atomic E-state index is 13.2. The number of halogens is 1. The number of nitrogens with zero attached hydrogens (tertiary/aromatic N) is 2. The molecule has 2 atom stereocenters. The number of aliphatic hydroxyl groups excluding tert-OH is 1. The van der Waals surface area contributed by atoms with Crippen LogP contribution in [0.25, 0.3) is 11.8 Å². The standard InChI is InChI=1S/C21H21FN2OS/c1-14-10-18-15(13-23-24(18)17-7-5-16(22)6-8-17)11-21(14,2)12-19(25)20-4-3-9-26-20/h3-10,13,19,25H,11-12H2,1-2H3/t19?,21-/m0/s1. The van der Waals surface area contributed by atoms with E-state index in [0.717, 1.165) is 28.2 Å². The summed E-state index contributed by atoms with van der Waals surface area (Å²) in [7, 11) is 0. The van der Waals surface area contributed by atoms with Crippen molar-refractivity contribution in [1.82, 2.24) is 9.78 Å². The molecule has 0 fully saturated rings. The monoisotopic (exact) mass is 368 g/mol. The van der Waals surface area contributed by atoms with Crippen LogP contribution in [0.4, 0.5) is 4.39 Å². The summed E-state index contributed by atoms with van der Waals surface area (Å²) < 4.78 is 15.1. The lowest BCUT2D eigenvalue weighted by atomic mass is 9.70. The summed E-state index contributed by atoms with van der Waals surface area (Å²) in [6, 6.07) is 10.3. The van der Waals surface area contributed by atoms with E-state index in [-0.39, 0.29) is 11.2 Å². The van der Waals surface area contributed by atoms with Crippen molar-refractivity contribution in [3.63, 3.8) is 0 Å². The summed E-state index contributed by atoms with van der Waals surface area (Å²) in [6.07, 6.45) is 5.08. The van der Waals surface area contributed by atoms with Gasteiger partial charge in [0.25, 0.3) is 0 Å². The highest BCUT2D eigenvalue weighted by Gasteiger charge is 2.35. The third-order valence-electron chi connectivity index (χ3n) is 5.36. The first-order valence-corrected chi connectivity index (χ1v) is 9.57. The number of thiophene rings is 1. The van der Waals surface area contributed by atoms with E-state index >= 15 is 0 Å². The Bertz CT molecular complexity index is 943. The number of allylic oxidation sites excluding steroid dienone is 1. The molecular formula is C21H21FN2OS. The number of aliphatic hydroxyl groups is 1. The molecule has 134 valence electrons. The minimum absolute atomic E-state index is 0.118. The number of aromatic nitrogens is 2. The van der Waals surface area contributed by atoms with Crippen LogP contribution in [0.15, 0.2) is 53.5 Å². The summed E-state index contributed by atoms with van der Waals surface area (Å²) in [6.45, 7) is 4.32. The van der Waals surface area contributed by atoms with Crippen LogP contribution in [0.2, 0.25) is 0 Å². The van der Waals surface area contributed by atoms with Crippen molar-refractivity contribution >= 4 is 17.4 Å². The van der Waals surface area contributed by atoms with Crippen LogP contribution >= 0.6 is 11.3 Å². The first-order valence-electron chi connectivity index (χ1n) is 8.69. The van der Waals surface area contributed by atoms with Gasteiger partial charge in [0.1, 0.15) is 5.82 Å². The first-order chi connectivity index (χ1) is 12.5. The molecule has 3 aromatic rings. The molecule has 26 heavy (non-hydrogen) atoms. The average Bonchev–Trinajstić information content (AvgIpc) is 3.26. The lowest BCUT2D eigenvalue weighted by Crippen LogP contribution is -2.27. The molecule has 1 aliphatic carbocycles. The van der Waals surface area contributed by atoms with Crippen molar-refractivity contribution in [3.05, 3.63) is 75.5 Å². The van der Waals surface area contributed by atoms with Gasteiger partial charge in [-0.15, -0.1) is 11.3 Å². The van der Waals surface area contributed by atoms with Crippen LogP contribution in [-0.2, 0) is 6.42 Å². The fourth-order valence-electron chi connectivity index (χ4n) is 3.65. The molecule has 2 heterocycles. The average molecular weight is 368 g/mol. The molecule has 5 heteroatoms. The van der Waals surface area contributed by atoms with Crippen LogP contribution < -0.4 is 0 Å². The maximum atomic E-state index is 13.2. The van der Waals surface area contributed by atoms with E-state index in [4.69, 9.17) is 0 Å². The van der Waals surface area contributed by atoms with Crippen LogP contribution in [0.3, 0.4) is 0 Å². The van der Waals surface area contributed by atoms with Gasteiger partial charge >= 0.3 is 0 Å². The molecule has 0 aliphatic heterocycles. The quantitative estimate of drug-likeness (QED) is 0.690. The van der Waals surface area contributed by atoms with E-state index in [1.807, 2.05) is 28.4 Å². The summed E-state index contributed by atoms with van der Waals surface area (Å²) in [5.41, 5.74) is 4.15. The molecule has 0 bridgehead atoms. The predicted molar refractivity (Wildman–Crippen MR) is 103 cm³/mol. The lowest BCUT2D eigenvalue weighted by Gasteiger charge is -2.35. The molecule has 1 aliphatic rings. The van der Waals surface area contributed by atoms with E-state index in [1.165, 1.54) is 17.7 Å². The van der Waals surface area contributed by atoms with Crippen molar-refractivity contribution < 1.29 is 9.50 Å². The van der Waals surface area contributed by atoms with E-state index in [1.54, 1.807) is 23.5 Å². The van der Waals surface area contributed by atoms with Crippen LogP contribution in [0.1, 0.15) is 42.5 Å². The van der Waals surface area contributed by atoms with Gasteiger partial charge in [0.2, 0.25) is 0 Å². The Hall–Kier alpha value is -2.24. The third-order valence-corrected chi connectivity index (χ3v) is 6.33. The van der Waals surface area contributed by atoms with Crippen LogP contribution in [0, 0.1) is 11.2 Å². The van der Waals surface area contributed by atoms with Crippen LogP contribution in [0.5, 0.6) is 0 Å². The minimum Gasteiger partial charge on any atom is -0.388 e. The van der Waals surface area contributed by atoms with E-state index in [2.05, 4.69) is 25.0 Å². The van der Waals surface area contributed by atoms with Crippen molar-refractivity contribution in [2.24, 2.45) is 5.41 Å². The second-order valence-electron chi connectivity index (χ2n) is 7.24. The van der Waals surface area contributed by atoms with Crippen molar-refractivity contribution in [2.45, 2.75) is 32.8 Å². The second kappa shape index (κ2) is 6.49. The highest BCUT2D eigenvalue weighted by atomic mass is 32.1. The lowest BCUT2D eigenvalue weighted by molar-refractivity contribution is 0.124. The van der Waals surface area contributed by atoms with E-state index in [9.17, 15) is 9.50 Å². The van der Waals surface area contributed by atoms with Crippen LogP contribution in [-0.4, -0.2) is 14.9 Å². The molecule has 1 N–H and O–H groups in total. The molecule has 4 rings (SSSR count). The first kappa shape index (κ1) is 17.2. The molecule has 1 unspecified atom stereocenters. The maximum Gasteiger partial charge on any atom is 0.123 e. The van der Waals surface area contributed by atoms with Crippen molar-refractivity contribution in [1.29, 1.82) is 0 Å². The van der Waals surface area contributed by atoms with Crippen molar-refractivity contribution in [3.8, 4) is 5.69 Å². The zero-order valence-electron chi connectivity index (χ0n) is 14.8. The third kappa shape index (κ3) is 3.02. The number of fused-ring (bicyclic) bond motifs is 1. The molecular weight excluding hydrogens is 347 g/mol. The highest BCUT2D eigenvalue weighted by Crippen LogP contribution is 2.44.